The van der Waals surface area contributed by atoms with Gasteiger partial charge in [0.15, 0.2) is 5.75 Å². The number of pyridine rings is 1. The minimum atomic E-state index is 0.231. The molecule has 0 spiro atoms. The second-order valence-corrected chi connectivity index (χ2v) is 4.58. The van der Waals surface area contributed by atoms with Gasteiger partial charge in [-0.3, -0.25) is 0 Å². The fraction of sp³-hybridized carbons (Fsp3) is 0.143. The summed E-state index contributed by atoms with van der Waals surface area (Å²) in [6.07, 6.45) is 1.64. The van der Waals surface area contributed by atoms with Crippen molar-refractivity contribution in [1.82, 2.24) is 4.98 Å². The van der Waals surface area contributed by atoms with E-state index < -0.39 is 0 Å². The predicted octanol–water partition coefficient (Wildman–Crippen LogP) is 3.12. The molecule has 2 N–H and O–H groups in total. The highest BCUT2D eigenvalue weighted by Gasteiger charge is 2.08. The van der Waals surface area contributed by atoms with Gasteiger partial charge in [0.05, 0.1) is 0 Å². The van der Waals surface area contributed by atoms with Crippen LogP contribution in [0.3, 0.4) is 0 Å². The van der Waals surface area contributed by atoms with Crippen molar-refractivity contribution in [2.45, 2.75) is 13.8 Å². The molecule has 0 aliphatic carbocycles. The van der Waals surface area contributed by atoms with Crippen molar-refractivity contribution in [3.05, 3.63) is 53.3 Å². The Labute approximate surface area is 112 Å². The van der Waals surface area contributed by atoms with Gasteiger partial charge in [-0.25, -0.2) is 4.98 Å². The van der Waals surface area contributed by atoms with Crippen molar-refractivity contribution < 1.29 is 4.74 Å². The monoisotopic (exact) mass is 258 g/mol. The highest BCUT2D eigenvalue weighted by atomic mass is 32.1. The molecule has 0 aliphatic heterocycles. The number of benzene rings is 1. The zero-order chi connectivity index (χ0) is 13.1. The van der Waals surface area contributed by atoms with Crippen LogP contribution in [0.2, 0.25) is 0 Å². The summed E-state index contributed by atoms with van der Waals surface area (Å²) in [6.45, 7) is 4.05. The average Bonchev–Trinajstić information content (AvgIpc) is 2.27. The topological polar surface area (TPSA) is 48.1 Å². The van der Waals surface area contributed by atoms with Gasteiger partial charge in [0.2, 0.25) is 0 Å². The van der Waals surface area contributed by atoms with Gasteiger partial charge in [-0.1, -0.05) is 18.3 Å². The third-order valence-electron chi connectivity index (χ3n) is 2.43. The number of nitrogens with two attached hydrogens (primary N) is 1. The van der Waals surface area contributed by atoms with Crippen molar-refractivity contribution in [1.29, 1.82) is 0 Å². The maximum atomic E-state index is 5.80. The highest BCUT2D eigenvalue weighted by Crippen LogP contribution is 2.25. The van der Waals surface area contributed by atoms with Gasteiger partial charge < -0.3 is 10.5 Å². The lowest BCUT2D eigenvalue weighted by Crippen LogP contribution is -2.12. The van der Waals surface area contributed by atoms with Crippen molar-refractivity contribution in [2.75, 3.05) is 0 Å². The molecule has 2 rings (SSSR count). The number of hydrogen-bond acceptors (Lipinski definition) is 3. The maximum Gasteiger partial charge on any atom is 0.156 e. The van der Waals surface area contributed by atoms with Crippen molar-refractivity contribution >= 4 is 17.2 Å². The Hall–Kier alpha value is -1.94. The molecule has 4 heteroatoms. The molecule has 0 radical (unpaired) electrons. The van der Waals surface area contributed by atoms with Crippen LogP contribution >= 0.6 is 12.2 Å². The molecule has 0 saturated heterocycles. The van der Waals surface area contributed by atoms with Crippen molar-refractivity contribution in [3.8, 4) is 11.5 Å². The summed E-state index contributed by atoms with van der Waals surface area (Å²) in [7, 11) is 0. The summed E-state index contributed by atoms with van der Waals surface area (Å²) in [5.41, 5.74) is 8.41. The second kappa shape index (κ2) is 5.14. The van der Waals surface area contributed by atoms with Gasteiger partial charge in [0.1, 0.15) is 16.4 Å². The number of aromatic nitrogens is 1. The fourth-order valence-corrected chi connectivity index (χ4v) is 1.93. The van der Waals surface area contributed by atoms with Crippen LogP contribution in [0.5, 0.6) is 11.5 Å². The summed E-state index contributed by atoms with van der Waals surface area (Å²) in [5.74, 6) is 1.34. The third kappa shape index (κ3) is 2.84. The van der Waals surface area contributed by atoms with E-state index in [2.05, 4.69) is 11.1 Å². The lowest BCUT2D eigenvalue weighted by Gasteiger charge is -2.10. The minimum Gasteiger partial charge on any atom is -0.455 e. The van der Waals surface area contributed by atoms with Crippen LogP contribution in [-0.2, 0) is 0 Å². The predicted molar refractivity (Wildman–Crippen MR) is 76.1 cm³/mol. The molecule has 1 aromatic heterocycles. The van der Waals surface area contributed by atoms with Crippen LogP contribution in [0, 0.1) is 13.8 Å². The van der Waals surface area contributed by atoms with E-state index in [1.165, 1.54) is 0 Å². The molecule has 1 heterocycles. The number of nitrogens with zero attached hydrogens (tertiary/aromatic N) is 1. The van der Waals surface area contributed by atoms with Gasteiger partial charge in [-0.15, -0.1) is 0 Å². The lowest BCUT2D eigenvalue weighted by atomic mass is 10.1. The van der Waals surface area contributed by atoms with Crippen LogP contribution in [-0.4, -0.2) is 9.97 Å². The summed E-state index contributed by atoms with van der Waals surface area (Å²) in [5, 5.41) is 0. The first-order valence-corrected chi connectivity index (χ1v) is 5.98. The molecule has 1 aromatic carbocycles. The van der Waals surface area contributed by atoms with Crippen LogP contribution in [0.4, 0.5) is 0 Å². The number of hydrogen-bond donors (Lipinski definition) is 1. The molecule has 0 saturated carbocycles. The van der Waals surface area contributed by atoms with Crippen LogP contribution in [0.15, 0.2) is 36.5 Å². The molecule has 0 bridgehead atoms. The lowest BCUT2D eigenvalue weighted by molar-refractivity contribution is 0.478. The Morgan fingerprint density at radius 3 is 2.50 bits per heavy atom. The molecule has 0 unspecified atom stereocenters. The highest BCUT2D eigenvalue weighted by molar-refractivity contribution is 7.80. The average molecular weight is 258 g/mol. The molecule has 0 fully saturated rings. The molecule has 3 nitrogen and oxygen atoms in total. The molecule has 0 amide bonds. The van der Waals surface area contributed by atoms with Gasteiger partial charge in [-0.05, 0) is 49.2 Å². The van der Waals surface area contributed by atoms with Gasteiger partial charge in [0, 0.05) is 6.20 Å². The van der Waals surface area contributed by atoms with Gasteiger partial charge in [0.25, 0.3) is 0 Å². The van der Waals surface area contributed by atoms with Crippen LogP contribution in [0.1, 0.15) is 16.8 Å². The van der Waals surface area contributed by atoms with E-state index >= 15 is 0 Å². The van der Waals surface area contributed by atoms with E-state index in [0.29, 0.717) is 11.4 Å². The Kier molecular flexibility index (Phi) is 3.58. The molecular formula is C14H14N2OS. The first kappa shape index (κ1) is 12.5. The van der Waals surface area contributed by atoms with E-state index in [0.717, 1.165) is 16.9 Å². The summed E-state index contributed by atoms with van der Waals surface area (Å²) in [4.78, 5) is 4.36. The summed E-state index contributed by atoms with van der Waals surface area (Å²) in [6, 6.07) is 9.61. The van der Waals surface area contributed by atoms with E-state index in [1.807, 2.05) is 26.0 Å². The molecule has 2 aromatic rings. The van der Waals surface area contributed by atoms with Gasteiger partial charge >= 0.3 is 0 Å². The van der Waals surface area contributed by atoms with Crippen molar-refractivity contribution in [2.24, 2.45) is 5.73 Å². The first-order valence-electron chi connectivity index (χ1n) is 5.57. The maximum absolute atomic E-state index is 5.80. The zero-order valence-electron chi connectivity index (χ0n) is 10.3. The Morgan fingerprint density at radius 2 is 1.89 bits per heavy atom. The Bertz CT molecular complexity index is 576. The molecule has 92 valence electrons. The molecule has 18 heavy (non-hydrogen) atoms. The minimum absolute atomic E-state index is 0.231. The molecule has 0 aliphatic rings. The zero-order valence-corrected chi connectivity index (χ0v) is 11.1. The largest absolute Gasteiger partial charge is 0.455 e. The normalized spacial score (nSPS) is 10.1. The number of ether oxygens (including phenoxy) is 1. The Morgan fingerprint density at radius 1 is 1.22 bits per heavy atom. The number of aryl methyl sites for hydroxylation is 2. The smallest absolute Gasteiger partial charge is 0.156 e. The number of thiocarbonyl (C=S) groups is 1. The standard InChI is InChI=1S/C14H14N2OS/c1-9-6-10(2)8-11(7-9)17-12-4-3-5-16-13(12)14(15)18/h3-8H,1-2H3,(H2,15,18). The van der Waals surface area contributed by atoms with E-state index in [4.69, 9.17) is 22.7 Å². The second-order valence-electron chi connectivity index (χ2n) is 4.14. The molecular weight excluding hydrogens is 244 g/mol. The summed E-state index contributed by atoms with van der Waals surface area (Å²) < 4.78 is 5.80. The Balaban J connectivity index is 2.37. The quantitative estimate of drug-likeness (QED) is 0.859. The van der Waals surface area contributed by atoms with E-state index in [1.54, 1.807) is 18.3 Å². The number of rotatable bonds is 3. The SMILES string of the molecule is Cc1cc(C)cc(Oc2cccnc2C(N)=S)c1. The summed E-state index contributed by atoms with van der Waals surface area (Å²) >= 11 is 4.95. The third-order valence-corrected chi connectivity index (χ3v) is 2.62. The van der Waals surface area contributed by atoms with E-state index in [-0.39, 0.29) is 4.99 Å². The van der Waals surface area contributed by atoms with Gasteiger partial charge in [-0.2, -0.15) is 0 Å². The van der Waals surface area contributed by atoms with E-state index in [9.17, 15) is 0 Å². The van der Waals surface area contributed by atoms with Crippen LogP contribution in [0.25, 0.3) is 0 Å². The first-order chi connectivity index (χ1) is 8.56. The van der Waals surface area contributed by atoms with Crippen molar-refractivity contribution in [3.63, 3.8) is 0 Å². The molecule has 0 atom stereocenters. The van der Waals surface area contributed by atoms with Crippen LogP contribution < -0.4 is 10.5 Å². The fourth-order valence-electron chi connectivity index (χ4n) is 1.78.